The molecule has 132 valence electrons. The molecule has 5 heteroatoms. The van der Waals surface area contributed by atoms with Gasteiger partial charge in [0.1, 0.15) is 5.00 Å². The predicted octanol–water partition coefficient (Wildman–Crippen LogP) is 3.87. The minimum Gasteiger partial charge on any atom is -0.385 e. The van der Waals surface area contributed by atoms with Gasteiger partial charge in [-0.3, -0.25) is 0 Å². The Balaban J connectivity index is 2.36. The van der Waals surface area contributed by atoms with Gasteiger partial charge in [-0.05, 0) is 38.6 Å². The minimum absolute atomic E-state index is 0.792. The monoisotopic (exact) mass is 346 g/mol. The zero-order valence-corrected chi connectivity index (χ0v) is 16.3. The van der Waals surface area contributed by atoms with Crippen LogP contribution in [-0.2, 0) is 13.0 Å². The number of hydrogen-bond acceptors (Lipinski definition) is 5. The highest BCUT2D eigenvalue weighted by Crippen LogP contribution is 2.41. The highest BCUT2D eigenvalue weighted by molar-refractivity contribution is 7.16. The molecular weight excluding hydrogens is 316 g/mol. The van der Waals surface area contributed by atoms with Crippen molar-refractivity contribution in [3.8, 4) is 0 Å². The number of nitrogens with one attached hydrogen (secondary N) is 1. The van der Waals surface area contributed by atoms with Crippen molar-refractivity contribution < 1.29 is 0 Å². The van der Waals surface area contributed by atoms with E-state index in [1.165, 1.54) is 16.0 Å². The molecule has 4 nitrogen and oxygen atoms in total. The SMILES string of the molecule is C=CN(C)C/C(C)=N/c1sc2c(c1C(=C)NCCC)CCN(C)C2. The Bertz CT molecular complexity index is 630. The summed E-state index contributed by atoms with van der Waals surface area (Å²) in [5, 5.41) is 4.56. The third-order valence-electron chi connectivity index (χ3n) is 4.20. The lowest BCUT2D eigenvalue weighted by Gasteiger charge is -2.23. The molecule has 0 saturated carbocycles. The largest absolute Gasteiger partial charge is 0.385 e. The van der Waals surface area contributed by atoms with Crippen LogP contribution in [0.4, 0.5) is 5.00 Å². The molecular formula is C19H30N4S. The number of aliphatic imine (C=N–C) groups is 1. The van der Waals surface area contributed by atoms with Crippen LogP contribution in [0.25, 0.3) is 5.70 Å². The van der Waals surface area contributed by atoms with Crippen LogP contribution in [0.1, 0.15) is 36.3 Å². The average molecular weight is 347 g/mol. The molecule has 0 bridgehead atoms. The van der Waals surface area contributed by atoms with E-state index in [0.717, 1.165) is 55.4 Å². The quantitative estimate of drug-likeness (QED) is 0.725. The van der Waals surface area contributed by atoms with Crippen molar-refractivity contribution in [1.29, 1.82) is 0 Å². The second-order valence-corrected chi connectivity index (χ2v) is 7.61. The van der Waals surface area contributed by atoms with Crippen LogP contribution >= 0.6 is 11.3 Å². The van der Waals surface area contributed by atoms with Crippen LogP contribution in [0, 0.1) is 0 Å². The van der Waals surface area contributed by atoms with Crippen LogP contribution in [-0.4, -0.2) is 49.2 Å². The number of thiophene rings is 1. The van der Waals surface area contributed by atoms with E-state index < -0.39 is 0 Å². The molecule has 24 heavy (non-hydrogen) atoms. The van der Waals surface area contributed by atoms with Gasteiger partial charge < -0.3 is 15.1 Å². The number of fused-ring (bicyclic) bond motifs is 1. The molecule has 1 aromatic rings. The van der Waals surface area contributed by atoms with Gasteiger partial charge in [-0.1, -0.05) is 20.1 Å². The summed E-state index contributed by atoms with van der Waals surface area (Å²) >= 11 is 1.82. The van der Waals surface area contributed by atoms with Crippen molar-refractivity contribution in [1.82, 2.24) is 15.1 Å². The van der Waals surface area contributed by atoms with Crippen LogP contribution in [0.5, 0.6) is 0 Å². The fraction of sp³-hybridized carbons (Fsp3) is 0.526. The van der Waals surface area contributed by atoms with E-state index in [-0.39, 0.29) is 0 Å². The number of nitrogens with zero attached hydrogens (tertiary/aromatic N) is 3. The highest BCUT2D eigenvalue weighted by atomic mass is 32.1. The Kier molecular flexibility index (Phi) is 6.63. The van der Waals surface area contributed by atoms with Crippen LogP contribution in [0.15, 0.2) is 24.4 Å². The summed E-state index contributed by atoms with van der Waals surface area (Å²) in [7, 11) is 4.20. The van der Waals surface area contributed by atoms with E-state index in [2.05, 4.69) is 44.3 Å². The second-order valence-electron chi connectivity index (χ2n) is 6.52. The lowest BCUT2D eigenvalue weighted by molar-refractivity contribution is 0.317. The van der Waals surface area contributed by atoms with Crippen molar-refractivity contribution in [3.05, 3.63) is 35.4 Å². The normalized spacial score (nSPS) is 15.1. The molecule has 0 aromatic carbocycles. The molecule has 0 radical (unpaired) electrons. The summed E-state index contributed by atoms with van der Waals surface area (Å²) in [6.45, 7) is 16.2. The highest BCUT2D eigenvalue weighted by Gasteiger charge is 2.24. The first-order valence-electron chi connectivity index (χ1n) is 8.59. The fourth-order valence-corrected chi connectivity index (χ4v) is 4.30. The van der Waals surface area contributed by atoms with Gasteiger partial charge in [0.25, 0.3) is 0 Å². The summed E-state index contributed by atoms with van der Waals surface area (Å²) in [4.78, 5) is 10.8. The molecule has 0 atom stereocenters. The van der Waals surface area contributed by atoms with E-state index in [4.69, 9.17) is 4.99 Å². The van der Waals surface area contributed by atoms with Crippen LogP contribution < -0.4 is 5.32 Å². The minimum atomic E-state index is 0.792. The second kappa shape index (κ2) is 8.49. The van der Waals surface area contributed by atoms with Crippen molar-refractivity contribution in [3.63, 3.8) is 0 Å². The Labute approximate surface area is 150 Å². The fourth-order valence-electron chi connectivity index (χ4n) is 2.91. The van der Waals surface area contributed by atoms with Gasteiger partial charge in [-0.25, -0.2) is 4.99 Å². The molecule has 2 heterocycles. The summed E-state index contributed by atoms with van der Waals surface area (Å²) in [5.41, 5.74) is 4.78. The van der Waals surface area contributed by atoms with Gasteiger partial charge in [0.05, 0.1) is 6.54 Å². The van der Waals surface area contributed by atoms with E-state index >= 15 is 0 Å². The van der Waals surface area contributed by atoms with E-state index in [9.17, 15) is 0 Å². The molecule has 0 amide bonds. The standard InChI is InChI=1S/C19H30N4S/c1-7-10-20-15(4)18-16-9-11-23(6)13-17(16)24-19(18)21-14(3)12-22(5)8-2/h8,20H,2,4,7,9-13H2,1,3,5-6H3/b21-14+. The van der Waals surface area contributed by atoms with Crippen molar-refractivity contribution in [2.24, 2.45) is 4.99 Å². The molecule has 1 aromatic heterocycles. The summed E-state index contributed by atoms with van der Waals surface area (Å²) < 4.78 is 0. The molecule has 1 N–H and O–H groups in total. The maximum atomic E-state index is 4.93. The average Bonchev–Trinajstić information content (AvgIpc) is 2.88. The molecule has 0 spiro atoms. The lowest BCUT2D eigenvalue weighted by Crippen LogP contribution is -2.26. The summed E-state index contributed by atoms with van der Waals surface area (Å²) in [6.07, 6.45) is 4.00. The first-order valence-corrected chi connectivity index (χ1v) is 9.41. The first-order chi connectivity index (χ1) is 11.5. The lowest BCUT2D eigenvalue weighted by atomic mass is 10.0. The Morgan fingerprint density at radius 2 is 2.25 bits per heavy atom. The third-order valence-corrected chi connectivity index (χ3v) is 5.31. The van der Waals surface area contributed by atoms with Gasteiger partial charge >= 0.3 is 0 Å². The van der Waals surface area contributed by atoms with Gasteiger partial charge in [-0.15, -0.1) is 11.3 Å². The van der Waals surface area contributed by atoms with E-state index in [0.29, 0.717) is 0 Å². The van der Waals surface area contributed by atoms with Crippen LogP contribution in [0.3, 0.4) is 0 Å². The molecule has 1 aliphatic heterocycles. The van der Waals surface area contributed by atoms with Gasteiger partial charge in [-0.2, -0.15) is 0 Å². The Morgan fingerprint density at radius 3 is 2.92 bits per heavy atom. The van der Waals surface area contributed by atoms with E-state index in [1.807, 2.05) is 29.5 Å². The zero-order valence-electron chi connectivity index (χ0n) is 15.5. The smallest absolute Gasteiger partial charge is 0.125 e. The predicted molar refractivity (Wildman–Crippen MR) is 107 cm³/mol. The Morgan fingerprint density at radius 1 is 1.50 bits per heavy atom. The maximum Gasteiger partial charge on any atom is 0.125 e. The molecule has 0 aliphatic carbocycles. The Hall–Kier alpha value is -1.59. The van der Waals surface area contributed by atoms with Crippen molar-refractivity contribution in [2.75, 3.05) is 33.7 Å². The molecule has 0 unspecified atom stereocenters. The molecule has 2 rings (SSSR count). The zero-order chi connectivity index (χ0) is 17.7. The topological polar surface area (TPSA) is 30.9 Å². The number of rotatable bonds is 8. The molecule has 0 fully saturated rings. The van der Waals surface area contributed by atoms with E-state index in [1.54, 1.807) is 0 Å². The third kappa shape index (κ3) is 4.48. The van der Waals surface area contributed by atoms with Gasteiger partial charge in [0.2, 0.25) is 0 Å². The number of hydrogen-bond donors (Lipinski definition) is 1. The van der Waals surface area contributed by atoms with Crippen LogP contribution in [0.2, 0.25) is 0 Å². The number of likely N-dealkylation sites (N-methyl/N-ethyl adjacent to an activating group) is 1. The van der Waals surface area contributed by atoms with Gasteiger partial charge in [0.15, 0.2) is 0 Å². The van der Waals surface area contributed by atoms with Crippen molar-refractivity contribution >= 4 is 27.7 Å². The summed E-state index contributed by atoms with van der Waals surface area (Å²) in [6, 6.07) is 0. The van der Waals surface area contributed by atoms with Crippen molar-refractivity contribution in [2.45, 2.75) is 33.2 Å². The molecule has 0 saturated heterocycles. The molecule has 1 aliphatic rings. The first kappa shape index (κ1) is 18.7. The maximum absolute atomic E-state index is 4.93. The van der Waals surface area contributed by atoms with Gasteiger partial charge in [0, 0.05) is 48.5 Å². The summed E-state index contributed by atoms with van der Waals surface area (Å²) in [5.74, 6) is 0.